The zero-order valence-corrected chi connectivity index (χ0v) is 12.4. The standard InChI is InChI=1S/C14H32N2/c1-8-9-13(10-15-12(2)3)16(7)11-14(4,5)6/h12-13,15H,8-11H2,1-7H3. The van der Waals surface area contributed by atoms with Gasteiger partial charge in [-0.05, 0) is 18.9 Å². The first-order valence-corrected chi connectivity index (χ1v) is 6.70. The van der Waals surface area contributed by atoms with Crippen molar-refractivity contribution in [3.05, 3.63) is 0 Å². The van der Waals surface area contributed by atoms with Gasteiger partial charge in [0, 0.05) is 25.2 Å². The summed E-state index contributed by atoms with van der Waals surface area (Å²) in [4.78, 5) is 2.51. The molecule has 16 heavy (non-hydrogen) atoms. The van der Waals surface area contributed by atoms with Crippen molar-refractivity contribution in [2.24, 2.45) is 5.41 Å². The number of rotatable bonds is 7. The maximum absolute atomic E-state index is 3.56. The first-order valence-electron chi connectivity index (χ1n) is 6.70. The zero-order valence-electron chi connectivity index (χ0n) is 12.4. The van der Waals surface area contributed by atoms with Crippen LogP contribution in [0.5, 0.6) is 0 Å². The summed E-state index contributed by atoms with van der Waals surface area (Å²) >= 11 is 0. The van der Waals surface area contributed by atoms with Gasteiger partial charge in [0.2, 0.25) is 0 Å². The van der Waals surface area contributed by atoms with E-state index in [4.69, 9.17) is 0 Å². The summed E-state index contributed by atoms with van der Waals surface area (Å²) in [5.41, 5.74) is 0.387. The molecule has 2 heteroatoms. The average molecular weight is 228 g/mol. The molecule has 0 aromatic rings. The Hall–Kier alpha value is -0.0800. The molecule has 0 aliphatic rings. The van der Waals surface area contributed by atoms with Gasteiger partial charge in [0.05, 0.1) is 0 Å². The van der Waals surface area contributed by atoms with Gasteiger partial charge in [-0.25, -0.2) is 0 Å². The lowest BCUT2D eigenvalue weighted by molar-refractivity contribution is 0.159. The summed E-state index contributed by atoms with van der Waals surface area (Å²) in [6.45, 7) is 15.9. The van der Waals surface area contributed by atoms with Crippen molar-refractivity contribution in [3.63, 3.8) is 0 Å². The first kappa shape index (κ1) is 15.9. The van der Waals surface area contributed by atoms with E-state index in [1.807, 2.05) is 0 Å². The molecule has 0 bridgehead atoms. The second kappa shape index (κ2) is 7.29. The largest absolute Gasteiger partial charge is 0.313 e. The van der Waals surface area contributed by atoms with Crippen LogP contribution in [0.4, 0.5) is 0 Å². The molecule has 1 N–H and O–H groups in total. The van der Waals surface area contributed by atoms with Gasteiger partial charge in [0.25, 0.3) is 0 Å². The van der Waals surface area contributed by atoms with Crippen molar-refractivity contribution >= 4 is 0 Å². The second-order valence-electron chi connectivity index (χ2n) is 6.48. The summed E-state index contributed by atoms with van der Waals surface area (Å²) in [7, 11) is 2.26. The van der Waals surface area contributed by atoms with Gasteiger partial charge >= 0.3 is 0 Å². The number of hydrogen-bond donors (Lipinski definition) is 1. The van der Waals surface area contributed by atoms with Gasteiger partial charge < -0.3 is 10.2 Å². The molecule has 0 aliphatic carbocycles. The van der Waals surface area contributed by atoms with Crippen LogP contribution in [0.3, 0.4) is 0 Å². The van der Waals surface area contributed by atoms with Crippen LogP contribution in [0.1, 0.15) is 54.4 Å². The molecule has 0 aromatic carbocycles. The van der Waals surface area contributed by atoms with Gasteiger partial charge in [0.1, 0.15) is 0 Å². The third kappa shape index (κ3) is 8.12. The zero-order chi connectivity index (χ0) is 12.8. The third-order valence-corrected chi connectivity index (χ3v) is 2.73. The monoisotopic (exact) mass is 228 g/mol. The van der Waals surface area contributed by atoms with Gasteiger partial charge in [-0.15, -0.1) is 0 Å². The van der Waals surface area contributed by atoms with E-state index in [-0.39, 0.29) is 0 Å². The van der Waals surface area contributed by atoms with E-state index in [0.29, 0.717) is 17.5 Å². The lowest BCUT2D eigenvalue weighted by atomic mass is 9.95. The number of likely N-dealkylation sites (N-methyl/N-ethyl adjacent to an activating group) is 1. The maximum Gasteiger partial charge on any atom is 0.0217 e. The van der Waals surface area contributed by atoms with Gasteiger partial charge in [-0.2, -0.15) is 0 Å². The van der Waals surface area contributed by atoms with Crippen molar-refractivity contribution < 1.29 is 0 Å². The normalized spacial score (nSPS) is 14.8. The average Bonchev–Trinajstić information content (AvgIpc) is 2.08. The third-order valence-electron chi connectivity index (χ3n) is 2.73. The summed E-state index contributed by atoms with van der Waals surface area (Å²) in [6.07, 6.45) is 2.55. The summed E-state index contributed by atoms with van der Waals surface area (Å²) in [5.74, 6) is 0. The Kier molecular flexibility index (Phi) is 7.25. The molecule has 0 rings (SSSR count). The smallest absolute Gasteiger partial charge is 0.0217 e. The Morgan fingerprint density at radius 1 is 1.19 bits per heavy atom. The molecule has 0 heterocycles. The number of nitrogens with zero attached hydrogens (tertiary/aromatic N) is 1. The molecular weight excluding hydrogens is 196 g/mol. The molecule has 0 fully saturated rings. The van der Waals surface area contributed by atoms with E-state index in [1.54, 1.807) is 0 Å². The van der Waals surface area contributed by atoms with E-state index in [0.717, 1.165) is 13.1 Å². The maximum atomic E-state index is 3.56. The molecule has 98 valence electrons. The van der Waals surface area contributed by atoms with Crippen molar-refractivity contribution in [1.82, 2.24) is 10.2 Å². The van der Waals surface area contributed by atoms with E-state index >= 15 is 0 Å². The molecule has 0 spiro atoms. The fraction of sp³-hybridized carbons (Fsp3) is 1.00. The fourth-order valence-corrected chi connectivity index (χ4v) is 2.06. The van der Waals surface area contributed by atoms with Crippen LogP contribution in [0, 0.1) is 5.41 Å². The molecule has 1 unspecified atom stereocenters. The second-order valence-corrected chi connectivity index (χ2v) is 6.48. The molecular formula is C14H32N2. The molecule has 0 aliphatic heterocycles. The van der Waals surface area contributed by atoms with Crippen LogP contribution in [-0.4, -0.2) is 37.1 Å². The Bertz CT molecular complexity index is 170. The van der Waals surface area contributed by atoms with E-state index in [9.17, 15) is 0 Å². The highest BCUT2D eigenvalue weighted by Gasteiger charge is 2.19. The van der Waals surface area contributed by atoms with Crippen molar-refractivity contribution in [2.75, 3.05) is 20.1 Å². The van der Waals surface area contributed by atoms with E-state index in [1.165, 1.54) is 12.8 Å². The summed E-state index contributed by atoms with van der Waals surface area (Å²) in [6, 6.07) is 1.26. The molecule has 0 aromatic heterocycles. The van der Waals surface area contributed by atoms with Crippen LogP contribution in [-0.2, 0) is 0 Å². The van der Waals surface area contributed by atoms with E-state index < -0.39 is 0 Å². The Labute approximate surface area is 103 Å². The van der Waals surface area contributed by atoms with Crippen molar-refractivity contribution in [2.45, 2.75) is 66.5 Å². The fourth-order valence-electron chi connectivity index (χ4n) is 2.06. The number of hydrogen-bond acceptors (Lipinski definition) is 2. The molecule has 0 amide bonds. The topological polar surface area (TPSA) is 15.3 Å². The highest BCUT2D eigenvalue weighted by Crippen LogP contribution is 2.17. The Morgan fingerprint density at radius 3 is 2.12 bits per heavy atom. The van der Waals surface area contributed by atoms with Crippen LogP contribution < -0.4 is 5.32 Å². The minimum atomic E-state index is 0.387. The molecule has 1 atom stereocenters. The van der Waals surface area contributed by atoms with Crippen LogP contribution in [0.25, 0.3) is 0 Å². The Morgan fingerprint density at radius 2 is 1.75 bits per heavy atom. The highest BCUT2D eigenvalue weighted by molar-refractivity contribution is 4.76. The van der Waals surface area contributed by atoms with Crippen molar-refractivity contribution in [1.29, 1.82) is 0 Å². The van der Waals surface area contributed by atoms with Gasteiger partial charge in [0.15, 0.2) is 0 Å². The molecule has 0 saturated carbocycles. The number of nitrogens with one attached hydrogen (secondary N) is 1. The van der Waals surface area contributed by atoms with Gasteiger partial charge in [-0.3, -0.25) is 0 Å². The lowest BCUT2D eigenvalue weighted by Gasteiger charge is -2.34. The van der Waals surface area contributed by atoms with Crippen LogP contribution in [0.15, 0.2) is 0 Å². The summed E-state index contributed by atoms with van der Waals surface area (Å²) < 4.78 is 0. The highest BCUT2D eigenvalue weighted by atomic mass is 15.2. The van der Waals surface area contributed by atoms with Crippen LogP contribution in [0.2, 0.25) is 0 Å². The minimum Gasteiger partial charge on any atom is -0.313 e. The molecule has 2 nitrogen and oxygen atoms in total. The first-order chi connectivity index (χ1) is 7.26. The lowest BCUT2D eigenvalue weighted by Crippen LogP contribution is -2.44. The predicted molar refractivity (Wildman–Crippen MR) is 73.9 cm³/mol. The van der Waals surface area contributed by atoms with Gasteiger partial charge in [-0.1, -0.05) is 48.0 Å². The Balaban J connectivity index is 4.17. The SMILES string of the molecule is CCCC(CNC(C)C)N(C)CC(C)(C)C. The molecule has 0 radical (unpaired) electrons. The quantitative estimate of drug-likeness (QED) is 0.720. The molecule has 0 saturated heterocycles. The predicted octanol–water partition coefficient (Wildman–Crippen LogP) is 3.13. The van der Waals surface area contributed by atoms with Crippen LogP contribution >= 0.6 is 0 Å². The van der Waals surface area contributed by atoms with Crippen molar-refractivity contribution in [3.8, 4) is 0 Å². The minimum absolute atomic E-state index is 0.387. The summed E-state index contributed by atoms with van der Waals surface area (Å²) in [5, 5.41) is 3.56. The van der Waals surface area contributed by atoms with E-state index in [2.05, 4.69) is 58.8 Å².